The number of aromatic nitrogens is 2. The number of thiophene rings is 1. The van der Waals surface area contributed by atoms with Crippen molar-refractivity contribution in [1.82, 2.24) is 9.55 Å². The number of rotatable bonds is 2. The number of halogens is 1. The van der Waals surface area contributed by atoms with E-state index in [1.807, 2.05) is 16.7 Å². The monoisotopic (exact) mass is 282 g/mol. The molecule has 0 amide bonds. The molecule has 0 aromatic carbocycles. The van der Waals surface area contributed by atoms with Crippen LogP contribution in [0.1, 0.15) is 24.6 Å². The summed E-state index contributed by atoms with van der Waals surface area (Å²) in [6.45, 7) is 0. The van der Waals surface area contributed by atoms with Crippen molar-refractivity contribution in [2.45, 2.75) is 25.3 Å². The largest absolute Gasteiger partial charge is 0.480 e. The minimum Gasteiger partial charge on any atom is -0.480 e. The Morgan fingerprint density at radius 3 is 3.06 bits per heavy atom. The quantitative estimate of drug-likeness (QED) is 0.920. The van der Waals surface area contributed by atoms with E-state index >= 15 is 0 Å². The Balaban J connectivity index is 2.12. The molecule has 0 radical (unpaired) electrons. The van der Waals surface area contributed by atoms with Crippen LogP contribution in [0.3, 0.4) is 0 Å². The zero-order chi connectivity index (χ0) is 12.7. The minimum absolute atomic E-state index is 0.507. The summed E-state index contributed by atoms with van der Waals surface area (Å²) in [6, 6.07) is 3.19. The first-order chi connectivity index (χ1) is 8.66. The number of nitrogens with zero attached hydrogens (tertiary/aromatic N) is 2. The van der Waals surface area contributed by atoms with Crippen molar-refractivity contribution in [3.05, 3.63) is 28.4 Å². The molecule has 1 unspecified atom stereocenters. The van der Waals surface area contributed by atoms with Crippen molar-refractivity contribution in [3.63, 3.8) is 0 Å². The molecule has 1 atom stereocenters. The van der Waals surface area contributed by atoms with Crippen LogP contribution in [-0.2, 0) is 11.2 Å². The van der Waals surface area contributed by atoms with Gasteiger partial charge in [0.05, 0.1) is 9.21 Å². The second-order valence-corrected chi connectivity index (χ2v) is 6.01. The van der Waals surface area contributed by atoms with E-state index in [0.29, 0.717) is 16.6 Å². The average Bonchev–Trinajstić information content (AvgIpc) is 2.94. The zero-order valence-electron chi connectivity index (χ0n) is 9.47. The normalized spacial score (nSPS) is 18.6. The lowest BCUT2D eigenvalue weighted by Crippen LogP contribution is -2.25. The van der Waals surface area contributed by atoms with Gasteiger partial charge in [-0.2, -0.15) is 0 Å². The number of carbonyl (C=O) groups is 1. The molecule has 1 N–H and O–H groups in total. The molecule has 0 spiro atoms. The number of carboxylic acid groups (broad SMARTS) is 1. The minimum atomic E-state index is -0.794. The van der Waals surface area contributed by atoms with Gasteiger partial charge < -0.3 is 9.67 Å². The lowest BCUT2D eigenvalue weighted by molar-refractivity contribution is -0.141. The van der Waals surface area contributed by atoms with Crippen LogP contribution in [0.15, 0.2) is 18.3 Å². The number of aliphatic carboxylic acids is 1. The summed E-state index contributed by atoms with van der Waals surface area (Å²) < 4.78 is 2.53. The Labute approximate surface area is 113 Å². The number of carboxylic acids is 1. The van der Waals surface area contributed by atoms with Crippen LogP contribution in [0.2, 0.25) is 4.34 Å². The van der Waals surface area contributed by atoms with Gasteiger partial charge in [0.15, 0.2) is 5.82 Å². The Morgan fingerprint density at radius 1 is 1.56 bits per heavy atom. The third kappa shape index (κ3) is 1.83. The van der Waals surface area contributed by atoms with Crippen molar-refractivity contribution in [3.8, 4) is 10.7 Å². The molecular weight excluding hydrogens is 272 g/mol. The maximum Gasteiger partial charge on any atom is 0.326 e. The van der Waals surface area contributed by atoms with E-state index in [-0.39, 0.29) is 0 Å². The second-order valence-electron chi connectivity index (χ2n) is 4.29. The number of hydrogen-bond donors (Lipinski definition) is 1. The maximum absolute atomic E-state index is 11.3. The fourth-order valence-corrected chi connectivity index (χ4v) is 3.42. The van der Waals surface area contributed by atoms with Crippen molar-refractivity contribution < 1.29 is 9.90 Å². The van der Waals surface area contributed by atoms with Gasteiger partial charge in [0.2, 0.25) is 0 Å². The van der Waals surface area contributed by atoms with Crippen LogP contribution in [0.4, 0.5) is 0 Å². The molecule has 2 aromatic heterocycles. The Bertz CT molecular complexity index is 605. The Morgan fingerprint density at radius 2 is 2.39 bits per heavy atom. The highest BCUT2D eigenvalue weighted by atomic mass is 35.5. The van der Waals surface area contributed by atoms with Crippen LogP contribution in [0, 0.1) is 0 Å². The highest BCUT2D eigenvalue weighted by Gasteiger charge is 2.29. The number of fused-ring (bicyclic) bond motifs is 1. The first-order valence-corrected chi connectivity index (χ1v) is 6.91. The van der Waals surface area contributed by atoms with Crippen molar-refractivity contribution >= 4 is 28.9 Å². The summed E-state index contributed by atoms with van der Waals surface area (Å²) in [7, 11) is 0. The maximum atomic E-state index is 11.3. The van der Waals surface area contributed by atoms with Gasteiger partial charge in [0.1, 0.15) is 6.04 Å². The summed E-state index contributed by atoms with van der Waals surface area (Å²) in [5.41, 5.74) is 0.994. The molecule has 6 heteroatoms. The molecule has 2 aromatic rings. The van der Waals surface area contributed by atoms with E-state index in [4.69, 9.17) is 11.6 Å². The molecule has 4 nitrogen and oxygen atoms in total. The first-order valence-electron chi connectivity index (χ1n) is 5.71. The van der Waals surface area contributed by atoms with Gasteiger partial charge >= 0.3 is 5.97 Å². The highest BCUT2D eigenvalue weighted by molar-refractivity contribution is 7.19. The topological polar surface area (TPSA) is 55.1 Å². The molecule has 0 aliphatic carbocycles. The van der Waals surface area contributed by atoms with Crippen molar-refractivity contribution in [2.75, 3.05) is 0 Å². The van der Waals surface area contributed by atoms with E-state index in [0.717, 1.165) is 23.4 Å². The fourth-order valence-electron chi connectivity index (χ4n) is 2.39. The fraction of sp³-hybridized carbons (Fsp3) is 0.333. The first kappa shape index (κ1) is 11.7. The molecule has 94 valence electrons. The molecule has 3 heterocycles. The van der Waals surface area contributed by atoms with Gasteiger partial charge in [0, 0.05) is 11.9 Å². The summed E-state index contributed by atoms with van der Waals surface area (Å²) in [5.74, 6) is -0.0770. The number of imidazole rings is 1. The van der Waals surface area contributed by atoms with Crippen LogP contribution in [0.5, 0.6) is 0 Å². The van der Waals surface area contributed by atoms with Gasteiger partial charge in [-0.1, -0.05) is 11.6 Å². The van der Waals surface area contributed by atoms with Crippen LogP contribution >= 0.6 is 22.9 Å². The molecule has 3 rings (SSSR count). The van der Waals surface area contributed by atoms with Crippen LogP contribution in [-0.4, -0.2) is 20.6 Å². The van der Waals surface area contributed by atoms with Crippen LogP contribution in [0.25, 0.3) is 10.7 Å². The van der Waals surface area contributed by atoms with E-state index in [9.17, 15) is 9.90 Å². The Kier molecular flexibility index (Phi) is 2.87. The third-order valence-electron chi connectivity index (χ3n) is 3.17. The molecule has 1 aliphatic heterocycles. The molecular formula is C12H11ClN2O2S. The van der Waals surface area contributed by atoms with E-state index in [1.54, 1.807) is 6.20 Å². The standard InChI is InChI=1S/C12H11ClN2O2S/c13-10-5-4-9(18-10)11-14-6-7-2-1-3-8(12(16)17)15(7)11/h4-6,8H,1-3H2,(H,16,17). The lowest BCUT2D eigenvalue weighted by atomic mass is 10.0. The SMILES string of the molecule is O=C(O)C1CCCc2cnc(-c3ccc(Cl)s3)n21. The predicted octanol–water partition coefficient (Wildman–Crippen LogP) is 3.23. The van der Waals surface area contributed by atoms with Gasteiger partial charge in [-0.05, 0) is 31.4 Å². The van der Waals surface area contributed by atoms with Crippen molar-refractivity contribution in [1.29, 1.82) is 0 Å². The van der Waals surface area contributed by atoms with Gasteiger partial charge in [-0.15, -0.1) is 11.3 Å². The van der Waals surface area contributed by atoms with Gasteiger partial charge in [-0.3, -0.25) is 0 Å². The molecule has 1 aliphatic rings. The highest BCUT2D eigenvalue weighted by Crippen LogP contribution is 2.35. The zero-order valence-corrected chi connectivity index (χ0v) is 11.0. The predicted molar refractivity (Wildman–Crippen MR) is 70.2 cm³/mol. The third-order valence-corrected chi connectivity index (χ3v) is 4.40. The molecule has 0 bridgehead atoms. The van der Waals surface area contributed by atoms with E-state index < -0.39 is 12.0 Å². The van der Waals surface area contributed by atoms with Crippen molar-refractivity contribution in [2.24, 2.45) is 0 Å². The summed E-state index contributed by atoms with van der Waals surface area (Å²) in [4.78, 5) is 16.6. The van der Waals surface area contributed by atoms with E-state index in [1.165, 1.54) is 11.3 Å². The second kappa shape index (κ2) is 4.40. The smallest absolute Gasteiger partial charge is 0.326 e. The molecule has 0 saturated heterocycles. The number of hydrogen-bond acceptors (Lipinski definition) is 3. The summed E-state index contributed by atoms with van der Waals surface area (Å²) in [5, 5.41) is 9.31. The molecule has 0 fully saturated rings. The molecule has 18 heavy (non-hydrogen) atoms. The van der Waals surface area contributed by atoms with Gasteiger partial charge in [0.25, 0.3) is 0 Å². The van der Waals surface area contributed by atoms with Gasteiger partial charge in [-0.25, -0.2) is 9.78 Å². The number of aryl methyl sites for hydroxylation is 1. The Hall–Kier alpha value is -1.33. The summed E-state index contributed by atoms with van der Waals surface area (Å²) in [6.07, 6.45) is 4.21. The molecule has 0 saturated carbocycles. The average molecular weight is 283 g/mol. The lowest BCUT2D eigenvalue weighted by Gasteiger charge is -2.23. The van der Waals surface area contributed by atoms with Crippen LogP contribution < -0.4 is 0 Å². The summed E-state index contributed by atoms with van der Waals surface area (Å²) >= 11 is 7.35. The van der Waals surface area contributed by atoms with E-state index in [2.05, 4.69) is 4.98 Å².